The summed E-state index contributed by atoms with van der Waals surface area (Å²) in [5.41, 5.74) is 6.53. The van der Waals surface area contributed by atoms with E-state index in [1.54, 1.807) is 6.07 Å². The largest absolute Gasteiger partial charge is 0.467 e. The molecular formula is C43H42N4O3. The molecule has 0 bridgehead atoms. The smallest absolute Gasteiger partial charge is 0.328 e. The maximum atomic E-state index is 13.6. The molecule has 7 nitrogen and oxygen atoms in total. The topological polar surface area (TPSA) is 85.2 Å². The number of benzene rings is 5. The molecule has 0 aliphatic carbocycles. The molecule has 0 fully saturated rings. The van der Waals surface area contributed by atoms with Crippen molar-refractivity contribution in [2.75, 3.05) is 12.4 Å². The van der Waals surface area contributed by atoms with E-state index in [1.165, 1.54) is 7.11 Å². The van der Waals surface area contributed by atoms with E-state index in [0.29, 0.717) is 18.5 Å². The molecule has 0 unspecified atom stereocenters. The van der Waals surface area contributed by atoms with Gasteiger partial charge in [0.25, 0.3) is 5.91 Å². The van der Waals surface area contributed by atoms with Gasteiger partial charge in [-0.15, -0.1) is 0 Å². The van der Waals surface area contributed by atoms with Crippen LogP contribution in [-0.4, -0.2) is 34.6 Å². The summed E-state index contributed by atoms with van der Waals surface area (Å²) in [6, 6.07) is 46.2. The summed E-state index contributed by atoms with van der Waals surface area (Å²) in [4.78, 5) is 31.0. The first-order valence-corrected chi connectivity index (χ1v) is 16.9. The molecule has 2 N–H and O–H groups in total. The molecule has 1 aromatic heterocycles. The number of nitrogens with one attached hydrogen (secondary N) is 2. The van der Waals surface area contributed by atoms with Gasteiger partial charge in [0.15, 0.2) is 0 Å². The number of methoxy groups -OCH3 is 1. The first-order valence-electron chi connectivity index (χ1n) is 16.9. The third kappa shape index (κ3) is 7.22. The van der Waals surface area contributed by atoms with E-state index < -0.39 is 17.6 Å². The number of esters is 1. The molecule has 6 rings (SSSR count). The lowest BCUT2D eigenvalue weighted by atomic mass is 9.77. The lowest BCUT2D eigenvalue weighted by molar-refractivity contribution is -0.143. The summed E-state index contributed by atoms with van der Waals surface area (Å²) in [5.74, 6) is -0.590. The molecular weight excluding hydrogens is 620 g/mol. The van der Waals surface area contributed by atoms with Gasteiger partial charge in [-0.25, -0.2) is 9.78 Å². The fraction of sp³-hybridized carbons (Fsp3) is 0.186. The van der Waals surface area contributed by atoms with E-state index >= 15 is 0 Å². The highest BCUT2D eigenvalue weighted by atomic mass is 16.5. The third-order valence-corrected chi connectivity index (χ3v) is 8.92. The molecule has 0 aliphatic rings. The quantitative estimate of drug-likeness (QED) is 0.0960. The highest BCUT2D eigenvalue weighted by Crippen LogP contribution is 2.41. The number of anilines is 1. The van der Waals surface area contributed by atoms with Crippen LogP contribution in [0, 0.1) is 5.92 Å². The van der Waals surface area contributed by atoms with Gasteiger partial charge in [-0.2, -0.15) is 0 Å². The molecule has 1 amide bonds. The van der Waals surface area contributed by atoms with Crippen LogP contribution in [0.2, 0.25) is 0 Å². The fourth-order valence-corrected chi connectivity index (χ4v) is 6.59. The lowest BCUT2D eigenvalue weighted by Gasteiger charge is -2.37. The number of rotatable bonds is 13. The highest BCUT2D eigenvalue weighted by molar-refractivity contribution is 6.03. The molecule has 0 saturated carbocycles. The van der Waals surface area contributed by atoms with Crippen molar-refractivity contribution >= 4 is 17.6 Å². The molecule has 7 heteroatoms. The molecule has 0 aliphatic heterocycles. The van der Waals surface area contributed by atoms with Gasteiger partial charge in [-0.05, 0) is 58.4 Å². The number of amides is 1. The minimum Gasteiger partial charge on any atom is -0.467 e. The number of aromatic nitrogens is 2. The molecule has 0 spiro atoms. The molecule has 6 aromatic rings. The summed E-state index contributed by atoms with van der Waals surface area (Å²) >= 11 is 0. The zero-order chi connectivity index (χ0) is 34.9. The standard InChI is InChI=1S/C43H42N4O3/c1-31(2)26-40(42(49)50-3)46-41(48)38-25-24-36(27-39(38)32-16-8-4-9-17-32)44-28-37-29-47(30-45-37)43(33-18-10-5-11-19-33,34-20-12-6-13-21-34)35-22-14-7-15-23-35/h4-25,27,29-31,40,44H,26,28H2,1-3H3,(H,46,48)/t40-/m0/s1. The van der Waals surface area contributed by atoms with Crippen LogP contribution in [-0.2, 0) is 21.6 Å². The number of carbonyl (C=O) groups is 2. The van der Waals surface area contributed by atoms with Crippen LogP contribution in [0.25, 0.3) is 11.1 Å². The summed E-state index contributed by atoms with van der Waals surface area (Å²) in [6.07, 6.45) is 4.48. The van der Waals surface area contributed by atoms with Gasteiger partial charge < -0.3 is 19.9 Å². The van der Waals surface area contributed by atoms with Crippen LogP contribution < -0.4 is 10.6 Å². The summed E-state index contributed by atoms with van der Waals surface area (Å²) < 4.78 is 7.18. The van der Waals surface area contributed by atoms with Crippen LogP contribution >= 0.6 is 0 Å². The van der Waals surface area contributed by atoms with Crippen molar-refractivity contribution in [3.63, 3.8) is 0 Å². The molecule has 5 aromatic carbocycles. The second-order valence-corrected chi connectivity index (χ2v) is 12.7. The van der Waals surface area contributed by atoms with Crippen LogP contribution in [0.4, 0.5) is 5.69 Å². The van der Waals surface area contributed by atoms with E-state index in [0.717, 1.165) is 39.2 Å². The molecule has 252 valence electrons. The first kappa shape index (κ1) is 33.9. The van der Waals surface area contributed by atoms with E-state index in [9.17, 15) is 9.59 Å². The third-order valence-electron chi connectivity index (χ3n) is 8.92. The lowest BCUT2D eigenvalue weighted by Crippen LogP contribution is -2.42. The Morgan fingerprint density at radius 3 is 1.82 bits per heavy atom. The van der Waals surface area contributed by atoms with E-state index in [1.807, 2.05) is 80.8 Å². The number of imidazole rings is 1. The Morgan fingerprint density at radius 1 is 0.760 bits per heavy atom. The first-order chi connectivity index (χ1) is 24.4. The predicted molar refractivity (Wildman–Crippen MR) is 199 cm³/mol. The predicted octanol–water partition coefficient (Wildman–Crippen LogP) is 8.32. The SMILES string of the molecule is COC(=O)[C@H](CC(C)C)NC(=O)c1ccc(NCc2cn(C(c3ccccc3)(c3ccccc3)c3ccccc3)cn2)cc1-c1ccccc1. The molecule has 0 saturated heterocycles. The number of hydrogen-bond donors (Lipinski definition) is 2. The average molecular weight is 663 g/mol. The molecule has 1 atom stereocenters. The van der Waals surface area contributed by atoms with Crippen molar-refractivity contribution in [1.82, 2.24) is 14.9 Å². The summed E-state index contributed by atoms with van der Waals surface area (Å²) in [7, 11) is 1.34. The summed E-state index contributed by atoms with van der Waals surface area (Å²) in [5, 5.41) is 6.45. The second-order valence-electron chi connectivity index (χ2n) is 12.7. The fourth-order valence-electron chi connectivity index (χ4n) is 6.59. The van der Waals surface area contributed by atoms with E-state index in [2.05, 4.69) is 94.2 Å². The average Bonchev–Trinajstić information content (AvgIpc) is 3.64. The zero-order valence-electron chi connectivity index (χ0n) is 28.6. The Morgan fingerprint density at radius 2 is 1.30 bits per heavy atom. The normalized spacial score (nSPS) is 11.9. The molecule has 1 heterocycles. The Bertz CT molecular complexity index is 1910. The number of carbonyl (C=O) groups excluding carboxylic acids is 2. The van der Waals surface area contributed by atoms with Gasteiger partial charge in [0.05, 0.1) is 25.7 Å². The van der Waals surface area contributed by atoms with Gasteiger partial charge >= 0.3 is 5.97 Å². The number of ether oxygens (including phenoxy) is 1. The van der Waals surface area contributed by atoms with Crippen molar-refractivity contribution in [2.45, 2.75) is 38.4 Å². The number of nitrogens with zero attached hydrogens (tertiary/aromatic N) is 2. The molecule has 0 radical (unpaired) electrons. The van der Waals surface area contributed by atoms with Gasteiger partial charge in [0.1, 0.15) is 11.6 Å². The monoisotopic (exact) mass is 662 g/mol. The van der Waals surface area contributed by atoms with Crippen molar-refractivity contribution in [3.8, 4) is 11.1 Å². The van der Waals surface area contributed by atoms with Gasteiger partial charge in [-0.3, -0.25) is 4.79 Å². The van der Waals surface area contributed by atoms with Gasteiger partial charge in [-0.1, -0.05) is 135 Å². The van der Waals surface area contributed by atoms with E-state index in [-0.39, 0.29) is 11.8 Å². The Balaban J connectivity index is 1.32. The molecule has 50 heavy (non-hydrogen) atoms. The Kier molecular flexibility index (Phi) is 10.5. The van der Waals surface area contributed by atoms with Crippen molar-refractivity contribution in [1.29, 1.82) is 0 Å². The van der Waals surface area contributed by atoms with Crippen molar-refractivity contribution < 1.29 is 14.3 Å². The van der Waals surface area contributed by atoms with Crippen molar-refractivity contribution in [2.24, 2.45) is 5.92 Å². The maximum Gasteiger partial charge on any atom is 0.328 e. The van der Waals surface area contributed by atoms with Crippen molar-refractivity contribution in [3.05, 3.63) is 180 Å². The van der Waals surface area contributed by atoms with Crippen LogP contribution in [0.3, 0.4) is 0 Å². The zero-order valence-corrected chi connectivity index (χ0v) is 28.6. The van der Waals surface area contributed by atoms with Gasteiger partial charge in [0, 0.05) is 17.4 Å². The Labute approximate surface area is 294 Å². The summed E-state index contributed by atoms with van der Waals surface area (Å²) in [6.45, 7) is 4.47. The number of hydrogen-bond acceptors (Lipinski definition) is 5. The van der Waals surface area contributed by atoms with Crippen LogP contribution in [0.1, 0.15) is 53.0 Å². The Hall–Kier alpha value is -5.95. The van der Waals surface area contributed by atoms with Crippen LogP contribution in [0.15, 0.2) is 152 Å². The van der Waals surface area contributed by atoms with Gasteiger partial charge in [0.2, 0.25) is 0 Å². The highest BCUT2D eigenvalue weighted by Gasteiger charge is 2.38. The second kappa shape index (κ2) is 15.5. The van der Waals surface area contributed by atoms with Crippen LogP contribution in [0.5, 0.6) is 0 Å². The minimum atomic E-state index is -0.737. The minimum absolute atomic E-state index is 0.196. The van der Waals surface area contributed by atoms with E-state index in [4.69, 9.17) is 9.72 Å². The maximum absolute atomic E-state index is 13.6.